The number of halogens is 1. The van der Waals surface area contributed by atoms with Crippen molar-refractivity contribution in [2.24, 2.45) is 0 Å². The molecule has 1 atom stereocenters. The molecule has 1 aliphatic carbocycles. The third-order valence-corrected chi connectivity index (χ3v) is 8.46. The van der Waals surface area contributed by atoms with Gasteiger partial charge in [0.2, 0.25) is 11.8 Å². The van der Waals surface area contributed by atoms with Crippen LogP contribution in [-0.2, 0) is 28.3 Å². The molecular formula is C32H37ClN2O2S. The van der Waals surface area contributed by atoms with Crippen LogP contribution in [0.2, 0.25) is 5.02 Å². The number of hydrogen-bond acceptors (Lipinski definition) is 3. The maximum absolute atomic E-state index is 13.8. The van der Waals surface area contributed by atoms with Crippen molar-refractivity contribution in [3.8, 4) is 0 Å². The zero-order chi connectivity index (χ0) is 26.7. The van der Waals surface area contributed by atoms with Gasteiger partial charge in [-0.25, -0.2) is 0 Å². The second-order valence-electron chi connectivity index (χ2n) is 10.1. The molecule has 3 aromatic rings. The van der Waals surface area contributed by atoms with Crippen molar-refractivity contribution in [3.63, 3.8) is 0 Å². The molecule has 3 aromatic carbocycles. The average Bonchev–Trinajstić information content (AvgIpc) is 2.92. The van der Waals surface area contributed by atoms with Crippen molar-refractivity contribution >= 4 is 35.2 Å². The third kappa shape index (κ3) is 8.37. The Labute approximate surface area is 236 Å². The van der Waals surface area contributed by atoms with Gasteiger partial charge in [0.1, 0.15) is 6.04 Å². The Kier molecular flexibility index (Phi) is 10.7. The van der Waals surface area contributed by atoms with E-state index < -0.39 is 6.04 Å². The van der Waals surface area contributed by atoms with E-state index in [1.54, 1.807) is 16.7 Å². The molecule has 0 saturated heterocycles. The minimum absolute atomic E-state index is 0.0534. The van der Waals surface area contributed by atoms with Crippen LogP contribution < -0.4 is 5.32 Å². The predicted molar refractivity (Wildman–Crippen MR) is 158 cm³/mol. The molecule has 1 N–H and O–H groups in total. The second-order valence-corrected chi connectivity index (χ2v) is 11.5. The Morgan fingerprint density at radius 3 is 2.39 bits per heavy atom. The number of rotatable bonds is 11. The van der Waals surface area contributed by atoms with Gasteiger partial charge in [-0.05, 0) is 42.5 Å². The van der Waals surface area contributed by atoms with E-state index in [1.807, 2.05) is 60.7 Å². The molecule has 4 nitrogen and oxygen atoms in total. The molecular weight excluding hydrogens is 512 g/mol. The van der Waals surface area contributed by atoms with Gasteiger partial charge in [0.15, 0.2) is 0 Å². The number of nitrogens with zero attached hydrogens (tertiary/aromatic N) is 1. The van der Waals surface area contributed by atoms with Gasteiger partial charge in [0, 0.05) is 29.8 Å². The Hall–Kier alpha value is -2.76. The SMILES string of the molecule is Cc1cccc(CSCC(=O)N(Cc2ccccc2Cl)[C@@H](Cc2ccccc2)C(=O)NC2CCCCC2)c1. The summed E-state index contributed by atoms with van der Waals surface area (Å²) in [7, 11) is 0. The van der Waals surface area contributed by atoms with Crippen molar-refractivity contribution < 1.29 is 9.59 Å². The molecule has 4 rings (SSSR count). The fraction of sp³-hybridized carbons (Fsp3) is 0.375. The summed E-state index contributed by atoms with van der Waals surface area (Å²) in [6.45, 7) is 2.36. The summed E-state index contributed by atoms with van der Waals surface area (Å²) in [6, 6.07) is 25.4. The van der Waals surface area contributed by atoms with Gasteiger partial charge >= 0.3 is 0 Å². The highest BCUT2D eigenvalue weighted by molar-refractivity contribution is 7.99. The summed E-state index contributed by atoms with van der Waals surface area (Å²) in [5.74, 6) is 0.901. The highest BCUT2D eigenvalue weighted by Gasteiger charge is 2.32. The molecule has 1 fully saturated rings. The first-order valence-electron chi connectivity index (χ1n) is 13.5. The van der Waals surface area contributed by atoms with E-state index in [-0.39, 0.29) is 17.9 Å². The molecule has 0 spiro atoms. The van der Waals surface area contributed by atoms with Crippen LogP contribution >= 0.6 is 23.4 Å². The van der Waals surface area contributed by atoms with Gasteiger partial charge in [-0.15, -0.1) is 11.8 Å². The molecule has 1 aliphatic rings. The maximum Gasteiger partial charge on any atom is 0.243 e. The first-order valence-corrected chi connectivity index (χ1v) is 15.0. The normalized spacial score (nSPS) is 14.6. The van der Waals surface area contributed by atoms with E-state index in [1.165, 1.54) is 17.5 Å². The molecule has 200 valence electrons. The summed E-state index contributed by atoms with van der Waals surface area (Å²) in [4.78, 5) is 29.4. The lowest BCUT2D eigenvalue weighted by molar-refractivity contribution is -0.139. The van der Waals surface area contributed by atoms with Gasteiger partial charge in [0.05, 0.1) is 5.75 Å². The molecule has 2 amide bonds. The van der Waals surface area contributed by atoms with Crippen molar-refractivity contribution in [3.05, 3.63) is 106 Å². The van der Waals surface area contributed by atoms with Crippen LogP contribution in [0, 0.1) is 6.92 Å². The smallest absolute Gasteiger partial charge is 0.243 e. The molecule has 38 heavy (non-hydrogen) atoms. The topological polar surface area (TPSA) is 49.4 Å². The van der Waals surface area contributed by atoms with Crippen LogP contribution in [0.5, 0.6) is 0 Å². The number of hydrogen-bond donors (Lipinski definition) is 1. The Bertz CT molecular complexity index is 1200. The van der Waals surface area contributed by atoms with E-state index in [9.17, 15) is 9.59 Å². The van der Waals surface area contributed by atoms with Crippen LogP contribution in [0.25, 0.3) is 0 Å². The van der Waals surface area contributed by atoms with Crippen LogP contribution in [0.15, 0.2) is 78.9 Å². The predicted octanol–water partition coefficient (Wildman–Crippen LogP) is 6.97. The zero-order valence-corrected chi connectivity index (χ0v) is 23.6. The summed E-state index contributed by atoms with van der Waals surface area (Å²) >= 11 is 8.11. The van der Waals surface area contributed by atoms with Gasteiger partial charge in [-0.1, -0.05) is 109 Å². The second kappa shape index (κ2) is 14.4. The summed E-state index contributed by atoms with van der Waals surface area (Å²) < 4.78 is 0. The van der Waals surface area contributed by atoms with Crippen LogP contribution in [0.4, 0.5) is 0 Å². The quantitative estimate of drug-likeness (QED) is 0.281. The fourth-order valence-electron chi connectivity index (χ4n) is 5.05. The first kappa shape index (κ1) is 28.3. The summed E-state index contributed by atoms with van der Waals surface area (Å²) in [5.41, 5.74) is 4.27. The van der Waals surface area contributed by atoms with E-state index in [2.05, 4.69) is 30.4 Å². The average molecular weight is 549 g/mol. The molecule has 6 heteroatoms. The number of thioether (sulfide) groups is 1. The van der Waals surface area contributed by atoms with E-state index in [4.69, 9.17) is 11.6 Å². The fourth-order valence-corrected chi connectivity index (χ4v) is 6.10. The highest BCUT2D eigenvalue weighted by atomic mass is 35.5. The molecule has 0 aliphatic heterocycles. The molecule has 0 heterocycles. The van der Waals surface area contributed by atoms with E-state index >= 15 is 0 Å². The Morgan fingerprint density at radius 1 is 0.947 bits per heavy atom. The molecule has 0 bridgehead atoms. The van der Waals surface area contributed by atoms with Crippen molar-refractivity contribution in [1.29, 1.82) is 0 Å². The Balaban J connectivity index is 1.57. The standard InChI is InChI=1S/C32H37ClN2O2S/c1-24-11-10-14-26(19-24)22-38-23-31(36)35(21-27-15-8-9-18-29(27)33)30(20-25-12-4-2-5-13-25)32(37)34-28-16-6-3-7-17-28/h2,4-5,8-15,18-19,28,30H,3,6-7,16-17,20-23H2,1H3,(H,34,37)/t30-/m0/s1. The summed E-state index contributed by atoms with van der Waals surface area (Å²) in [6.07, 6.45) is 5.93. The Morgan fingerprint density at radius 2 is 1.66 bits per heavy atom. The number of nitrogens with one attached hydrogen (secondary N) is 1. The zero-order valence-electron chi connectivity index (χ0n) is 22.1. The largest absolute Gasteiger partial charge is 0.352 e. The molecule has 0 radical (unpaired) electrons. The first-order chi connectivity index (χ1) is 18.5. The van der Waals surface area contributed by atoms with Gasteiger partial charge < -0.3 is 10.2 Å². The molecule has 1 saturated carbocycles. The highest BCUT2D eigenvalue weighted by Crippen LogP contribution is 2.23. The number of aryl methyl sites for hydroxylation is 1. The molecule has 0 unspecified atom stereocenters. The van der Waals surface area contributed by atoms with E-state index in [0.29, 0.717) is 23.7 Å². The van der Waals surface area contributed by atoms with Gasteiger partial charge in [-0.2, -0.15) is 0 Å². The minimum Gasteiger partial charge on any atom is -0.352 e. The molecule has 0 aromatic heterocycles. The number of benzene rings is 3. The van der Waals surface area contributed by atoms with Gasteiger partial charge in [0.25, 0.3) is 0 Å². The van der Waals surface area contributed by atoms with Gasteiger partial charge in [-0.3, -0.25) is 9.59 Å². The maximum atomic E-state index is 13.8. The monoisotopic (exact) mass is 548 g/mol. The van der Waals surface area contributed by atoms with Crippen LogP contribution in [0.1, 0.15) is 54.4 Å². The third-order valence-electron chi connectivity index (χ3n) is 7.10. The lowest BCUT2D eigenvalue weighted by Gasteiger charge is -2.33. The van der Waals surface area contributed by atoms with Crippen molar-refractivity contribution in [1.82, 2.24) is 10.2 Å². The van der Waals surface area contributed by atoms with Crippen molar-refractivity contribution in [2.75, 3.05) is 5.75 Å². The number of carbonyl (C=O) groups excluding carboxylic acids is 2. The van der Waals surface area contributed by atoms with Crippen molar-refractivity contribution in [2.45, 2.75) is 69.8 Å². The lowest BCUT2D eigenvalue weighted by atomic mass is 9.94. The van der Waals surface area contributed by atoms with Crippen LogP contribution in [0.3, 0.4) is 0 Å². The van der Waals surface area contributed by atoms with Crippen LogP contribution in [-0.4, -0.2) is 34.6 Å². The number of amides is 2. The minimum atomic E-state index is -0.623. The number of carbonyl (C=O) groups is 2. The van der Waals surface area contributed by atoms with E-state index in [0.717, 1.165) is 42.6 Å². The summed E-state index contributed by atoms with van der Waals surface area (Å²) in [5, 5.41) is 3.89. The lowest BCUT2D eigenvalue weighted by Crippen LogP contribution is -2.53.